The van der Waals surface area contributed by atoms with Gasteiger partial charge in [0.2, 0.25) is 0 Å². The standard InChI is InChI=1S/C11H16N2O/c1-8(2)10(12)6-11(14)9-4-3-5-13-7-9/h3-5,7-8,10H,6,12H2,1-2H3. The van der Waals surface area contributed by atoms with Crippen LogP contribution in [0.25, 0.3) is 0 Å². The number of carbonyl (C=O) groups excluding carboxylic acids is 1. The summed E-state index contributed by atoms with van der Waals surface area (Å²) in [6.07, 6.45) is 3.62. The third kappa shape index (κ3) is 2.92. The van der Waals surface area contributed by atoms with E-state index < -0.39 is 0 Å². The van der Waals surface area contributed by atoms with Crippen LogP contribution in [0, 0.1) is 5.92 Å². The second-order valence-corrected chi connectivity index (χ2v) is 3.78. The van der Waals surface area contributed by atoms with Gasteiger partial charge in [0, 0.05) is 30.4 Å². The van der Waals surface area contributed by atoms with E-state index in [1.54, 1.807) is 24.5 Å². The van der Waals surface area contributed by atoms with Crippen molar-refractivity contribution in [1.29, 1.82) is 0 Å². The van der Waals surface area contributed by atoms with Gasteiger partial charge in [-0.3, -0.25) is 9.78 Å². The van der Waals surface area contributed by atoms with Crippen LogP contribution < -0.4 is 5.73 Å². The SMILES string of the molecule is CC(C)C(N)CC(=O)c1cccnc1. The lowest BCUT2D eigenvalue weighted by molar-refractivity contribution is 0.0967. The number of rotatable bonds is 4. The quantitative estimate of drug-likeness (QED) is 0.738. The minimum Gasteiger partial charge on any atom is -0.327 e. The first-order valence-corrected chi connectivity index (χ1v) is 4.80. The van der Waals surface area contributed by atoms with Crippen molar-refractivity contribution in [1.82, 2.24) is 4.98 Å². The Morgan fingerprint density at radius 1 is 1.57 bits per heavy atom. The highest BCUT2D eigenvalue weighted by Gasteiger charge is 2.14. The summed E-state index contributed by atoms with van der Waals surface area (Å²) < 4.78 is 0. The zero-order valence-corrected chi connectivity index (χ0v) is 8.60. The maximum absolute atomic E-state index is 11.6. The van der Waals surface area contributed by atoms with Crippen LogP contribution >= 0.6 is 0 Å². The van der Waals surface area contributed by atoms with Crippen molar-refractivity contribution in [3.05, 3.63) is 30.1 Å². The molecule has 0 aliphatic heterocycles. The third-order valence-corrected chi connectivity index (χ3v) is 2.26. The van der Waals surface area contributed by atoms with Gasteiger partial charge in [-0.25, -0.2) is 0 Å². The lowest BCUT2D eigenvalue weighted by Crippen LogP contribution is -2.29. The van der Waals surface area contributed by atoms with Crippen molar-refractivity contribution < 1.29 is 4.79 Å². The second-order valence-electron chi connectivity index (χ2n) is 3.78. The average molecular weight is 192 g/mol. The van der Waals surface area contributed by atoms with Crippen molar-refractivity contribution >= 4 is 5.78 Å². The molecule has 0 saturated heterocycles. The van der Waals surface area contributed by atoms with Crippen LogP contribution in [-0.2, 0) is 0 Å². The van der Waals surface area contributed by atoms with Gasteiger partial charge in [0.05, 0.1) is 0 Å². The Balaban J connectivity index is 2.60. The first-order chi connectivity index (χ1) is 6.61. The maximum Gasteiger partial charge on any atom is 0.165 e. The van der Waals surface area contributed by atoms with Crippen LogP contribution in [0.5, 0.6) is 0 Å². The monoisotopic (exact) mass is 192 g/mol. The summed E-state index contributed by atoms with van der Waals surface area (Å²) in [6, 6.07) is 3.46. The first kappa shape index (κ1) is 10.9. The summed E-state index contributed by atoms with van der Waals surface area (Å²) >= 11 is 0. The molecule has 0 radical (unpaired) electrons. The van der Waals surface area contributed by atoms with Crippen LogP contribution in [0.15, 0.2) is 24.5 Å². The molecule has 0 aromatic carbocycles. The fraction of sp³-hybridized carbons (Fsp3) is 0.455. The molecule has 0 amide bonds. The summed E-state index contributed by atoms with van der Waals surface area (Å²) in [5.41, 5.74) is 6.46. The molecule has 3 nitrogen and oxygen atoms in total. The molecule has 0 saturated carbocycles. The van der Waals surface area contributed by atoms with Gasteiger partial charge < -0.3 is 5.73 Å². The molecule has 14 heavy (non-hydrogen) atoms. The predicted octanol–water partition coefficient (Wildman–Crippen LogP) is 1.64. The summed E-state index contributed by atoms with van der Waals surface area (Å²) in [5, 5.41) is 0. The van der Waals surface area contributed by atoms with E-state index in [1.165, 1.54) is 0 Å². The molecular formula is C11H16N2O. The molecule has 1 rings (SSSR count). The molecule has 0 aliphatic rings. The van der Waals surface area contributed by atoms with Crippen molar-refractivity contribution in [3.8, 4) is 0 Å². The molecule has 1 aromatic heterocycles. The zero-order chi connectivity index (χ0) is 10.6. The van der Waals surface area contributed by atoms with E-state index in [0.29, 0.717) is 17.9 Å². The topological polar surface area (TPSA) is 56.0 Å². The molecule has 3 heteroatoms. The van der Waals surface area contributed by atoms with Crippen molar-refractivity contribution in [3.63, 3.8) is 0 Å². The molecule has 1 atom stereocenters. The van der Waals surface area contributed by atoms with Gasteiger partial charge >= 0.3 is 0 Å². The highest BCUT2D eigenvalue weighted by molar-refractivity contribution is 5.96. The minimum absolute atomic E-state index is 0.0669. The van der Waals surface area contributed by atoms with Crippen LogP contribution in [0.1, 0.15) is 30.6 Å². The van der Waals surface area contributed by atoms with E-state index in [4.69, 9.17) is 5.73 Å². The summed E-state index contributed by atoms with van der Waals surface area (Å²) in [6.45, 7) is 4.03. The largest absolute Gasteiger partial charge is 0.327 e. The number of Topliss-reactive ketones (excluding diaryl/α,β-unsaturated/α-hetero) is 1. The predicted molar refractivity (Wildman–Crippen MR) is 56.0 cm³/mol. The Hall–Kier alpha value is -1.22. The van der Waals surface area contributed by atoms with E-state index in [0.717, 1.165) is 0 Å². The number of nitrogens with zero attached hydrogens (tertiary/aromatic N) is 1. The van der Waals surface area contributed by atoms with Crippen LogP contribution in [0.3, 0.4) is 0 Å². The smallest absolute Gasteiger partial charge is 0.165 e. The second kappa shape index (κ2) is 4.86. The van der Waals surface area contributed by atoms with E-state index in [2.05, 4.69) is 4.98 Å². The van der Waals surface area contributed by atoms with Gasteiger partial charge in [-0.2, -0.15) is 0 Å². The number of hydrogen-bond donors (Lipinski definition) is 1. The lowest BCUT2D eigenvalue weighted by Gasteiger charge is -2.13. The number of hydrogen-bond acceptors (Lipinski definition) is 3. The summed E-state index contributed by atoms with van der Waals surface area (Å²) in [5.74, 6) is 0.398. The first-order valence-electron chi connectivity index (χ1n) is 4.80. The fourth-order valence-corrected chi connectivity index (χ4v) is 1.10. The third-order valence-electron chi connectivity index (χ3n) is 2.26. The zero-order valence-electron chi connectivity index (χ0n) is 8.60. The molecule has 1 aromatic rings. The Labute approximate surface area is 84.3 Å². The van der Waals surface area contributed by atoms with Gasteiger partial charge in [0.1, 0.15) is 0 Å². The minimum atomic E-state index is -0.0669. The van der Waals surface area contributed by atoms with Gasteiger partial charge in [0.15, 0.2) is 5.78 Å². The molecule has 76 valence electrons. The fourth-order valence-electron chi connectivity index (χ4n) is 1.10. The van der Waals surface area contributed by atoms with Crippen molar-refractivity contribution in [2.75, 3.05) is 0 Å². The molecule has 1 unspecified atom stereocenters. The van der Waals surface area contributed by atoms with Crippen LogP contribution in [0.2, 0.25) is 0 Å². The molecule has 1 heterocycles. The van der Waals surface area contributed by atoms with E-state index in [-0.39, 0.29) is 11.8 Å². The van der Waals surface area contributed by atoms with E-state index in [9.17, 15) is 4.79 Å². The number of ketones is 1. The summed E-state index contributed by atoms with van der Waals surface area (Å²) in [7, 11) is 0. The van der Waals surface area contributed by atoms with Gasteiger partial charge in [-0.1, -0.05) is 13.8 Å². The number of nitrogens with two attached hydrogens (primary N) is 1. The normalized spacial score (nSPS) is 12.9. The van der Waals surface area contributed by atoms with E-state index >= 15 is 0 Å². The number of carbonyl (C=O) groups is 1. The number of aromatic nitrogens is 1. The average Bonchev–Trinajstić information content (AvgIpc) is 2.19. The molecular weight excluding hydrogens is 176 g/mol. The van der Waals surface area contributed by atoms with E-state index in [1.807, 2.05) is 13.8 Å². The van der Waals surface area contributed by atoms with Crippen LogP contribution in [0.4, 0.5) is 0 Å². The Bertz CT molecular complexity index is 295. The molecule has 0 spiro atoms. The van der Waals surface area contributed by atoms with Gasteiger partial charge in [-0.05, 0) is 18.1 Å². The Morgan fingerprint density at radius 2 is 2.29 bits per heavy atom. The Morgan fingerprint density at radius 3 is 2.79 bits per heavy atom. The van der Waals surface area contributed by atoms with Gasteiger partial charge in [-0.15, -0.1) is 0 Å². The lowest BCUT2D eigenvalue weighted by atomic mass is 9.97. The highest BCUT2D eigenvalue weighted by atomic mass is 16.1. The Kier molecular flexibility index (Phi) is 3.77. The molecule has 2 N–H and O–H groups in total. The summed E-state index contributed by atoms with van der Waals surface area (Å²) in [4.78, 5) is 15.5. The molecule has 0 aliphatic carbocycles. The van der Waals surface area contributed by atoms with Crippen molar-refractivity contribution in [2.45, 2.75) is 26.3 Å². The maximum atomic E-state index is 11.6. The highest BCUT2D eigenvalue weighted by Crippen LogP contribution is 2.08. The molecule has 0 fully saturated rings. The number of pyridine rings is 1. The van der Waals surface area contributed by atoms with Gasteiger partial charge in [0.25, 0.3) is 0 Å². The van der Waals surface area contributed by atoms with Crippen molar-refractivity contribution in [2.24, 2.45) is 11.7 Å². The van der Waals surface area contributed by atoms with Crippen LogP contribution in [-0.4, -0.2) is 16.8 Å². The molecule has 0 bridgehead atoms.